The van der Waals surface area contributed by atoms with Crippen LogP contribution in [0.2, 0.25) is 0 Å². The first kappa shape index (κ1) is 29.8. The van der Waals surface area contributed by atoms with Gasteiger partial charge in [-0.3, -0.25) is 14.3 Å². The van der Waals surface area contributed by atoms with Gasteiger partial charge in [0.15, 0.2) is 12.4 Å². The minimum Gasteiger partial charge on any atom is -0.349 e. The van der Waals surface area contributed by atoms with E-state index in [0.717, 1.165) is 10.6 Å². The fourth-order valence-electron chi connectivity index (χ4n) is 4.07. The molecule has 2 heterocycles. The van der Waals surface area contributed by atoms with Gasteiger partial charge in [0.1, 0.15) is 6.10 Å². The molecular weight excluding hydrogens is 548 g/mol. The van der Waals surface area contributed by atoms with Gasteiger partial charge in [-0.05, 0) is 52.6 Å². The second-order valence-corrected chi connectivity index (χ2v) is 14.0. The Bertz CT molecular complexity index is 1160. The lowest BCUT2D eigenvalue weighted by molar-refractivity contribution is -0.0180. The Balaban J connectivity index is 1.79. The van der Waals surface area contributed by atoms with Crippen LogP contribution in [0.3, 0.4) is 0 Å². The van der Waals surface area contributed by atoms with Crippen molar-refractivity contribution in [2.24, 2.45) is 0 Å². The summed E-state index contributed by atoms with van der Waals surface area (Å²) in [5.41, 5.74) is -0.199. The molecule has 0 bridgehead atoms. The van der Waals surface area contributed by atoms with E-state index in [2.05, 4.69) is 35.6 Å². The van der Waals surface area contributed by atoms with Crippen molar-refractivity contribution in [1.29, 1.82) is 0 Å². The lowest BCUT2D eigenvalue weighted by Gasteiger charge is -2.37. The average Bonchev–Trinajstić information content (AvgIpc) is 3.17. The maximum atomic E-state index is 15.8. The maximum absolute atomic E-state index is 15.8. The van der Waals surface area contributed by atoms with Gasteiger partial charge in [0.05, 0.1) is 12.7 Å². The second kappa shape index (κ2) is 14.4. The Hall–Kier alpha value is -1.20. The highest BCUT2D eigenvalue weighted by Gasteiger charge is 2.47. The van der Waals surface area contributed by atoms with Crippen molar-refractivity contribution in [3.05, 3.63) is 62.9 Å². The Morgan fingerprint density at radius 1 is 1.18 bits per heavy atom. The van der Waals surface area contributed by atoms with Gasteiger partial charge in [0.25, 0.3) is 14.1 Å². The molecule has 2 aromatic rings. The summed E-state index contributed by atoms with van der Waals surface area (Å²) in [4.78, 5) is 27.1. The van der Waals surface area contributed by atoms with E-state index in [0.29, 0.717) is 18.3 Å². The smallest absolute Gasteiger partial charge is 0.330 e. The standard InChI is InChI=1S/C26H39FN3O5PS2/c1-16(2)30(17(3)4)36(33-15-13-20-10-8-9-11-21(20)38-37-18(5)6)35-24-19(7)34-25(23(24)27)29-14-12-22(31)28-26(29)32/h8-12,14,16-19,23-25H,13,15H2,1-7H3,(H,28,31,32)/i7D. The minimum atomic E-state index is -1.75. The molecule has 1 aromatic carbocycles. The molecule has 1 fully saturated rings. The van der Waals surface area contributed by atoms with Crippen molar-refractivity contribution < 1.29 is 19.5 Å². The van der Waals surface area contributed by atoms with E-state index < -0.39 is 44.4 Å². The van der Waals surface area contributed by atoms with E-state index in [4.69, 9.17) is 15.2 Å². The minimum absolute atomic E-state index is 0.0499. The molecule has 38 heavy (non-hydrogen) atoms. The van der Waals surface area contributed by atoms with E-state index in [1.54, 1.807) is 21.6 Å². The number of H-pyrrole nitrogens is 1. The molecule has 0 amide bonds. The van der Waals surface area contributed by atoms with Crippen LogP contribution in [0.25, 0.3) is 0 Å². The molecular formula is C26H39FN3O5PS2. The number of nitrogens with zero attached hydrogens (tertiary/aromatic N) is 2. The maximum Gasteiger partial charge on any atom is 0.330 e. The normalized spacial score (nSPS) is 23.1. The van der Waals surface area contributed by atoms with Crippen LogP contribution >= 0.6 is 30.1 Å². The average molecular weight is 589 g/mol. The summed E-state index contributed by atoms with van der Waals surface area (Å²) in [6.07, 6.45) is -3.25. The fourth-order valence-corrected chi connectivity index (χ4v) is 7.92. The summed E-state index contributed by atoms with van der Waals surface area (Å²) in [7, 11) is 1.83. The number of alkyl halides is 1. The van der Waals surface area contributed by atoms with Crippen LogP contribution in [-0.4, -0.2) is 56.5 Å². The van der Waals surface area contributed by atoms with Gasteiger partial charge in [0.2, 0.25) is 0 Å². The zero-order valence-corrected chi connectivity index (χ0v) is 25.2. The molecule has 212 valence electrons. The SMILES string of the molecule is [2H]CC1OC(n2ccc(=O)[nH]c2=O)C(F)C1OP(OCCc1ccccc1SSC(C)C)N(C(C)C)C(C)C. The lowest BCUT2D eigenvalue weighted by atomic mass is 10.2. The number of hydrogen-bond donors (Lipinski definition) is 1. The number of aromatic amines is 1. The molecule has 1 saturated heterocycles. The fraction of sp³-hybridized carbons (Fsp3) is 0.615. The number of benzene rings is 1. The molecule has 0 radical (unpaired) electrons. The van der Waals surface area contributed by atoms with E-state index in [9.17, 15) is 9.59 Å². The second-order valence-electron chi connectivity index (χ2n) is 9.82. The Morgan fingerprint density at radius 3 is 2.53 bits per heavy atom. The number of hydrogen-bond acceptors (Lipinski definition) is 8. The van der Waals surface area contributed by atoms with Gasteiger partial charge < -0.3 is 13.8 Å². The number of nitrogens with one attached hydrogen (secondary N) is 1. The lowest BCUT2D eigenvalue weighted by Crippen LogP contribution is -2.38. The Morgan fingerprint density at radius 2 is 1.89 bits per heavy atom. The number of aromatic nitrogens is 2. The third kappa shape index (κ3) is 8.16. The van der Waals surface area contributed by atoms with Crippen LogP contribution in [0.1, 0.15) is 61.6 Å². The van der Waals surface area contributed by atoms with Gasteiger partial charge >= 0.3 is 5.69 Å². The van der Waals surface area contributed by atoms with Gasteiger partial charge in [-0.2, -0.15) is 0 Å². The number of rotatable bonds is 13. The van der Waals surface area contributed by atoms with Crippen molar-refractivity contribution >= 4 is 30.1 Å². The van der Waals surface area contributed by atoms with Crippen LogP contribution < -0.4 is 11.2 Å². The predicted octanol–water partition coefficient (Wildman–Crippen LogP) is 5.93. The predicted molar refractivity (Wildman–Crippen MR) is 154 cm³/mol. The molecule has 5 atom stereocenters. The summed E-state index contributed by atoms with van der Waals surface area (Å²) in [6.45, 7) is 12.5. The van der Waals surface area contributed by atoms with E-state index in [1.165, 1.54) is 16.7 Å². The topological polar surface area (TPSA) is 85.8 Å². The van der Waals surface area contributed by atoms with Gasteiger partial charge in [-0.25, -0.2) is 13.9 Å². The summed E-state index contributed by atoms with van der Waals surface area (Å²) >= 11 is 0. The first-order valence-corrected chi connectivity index (χ1v) is 16.1. The highest BCUT2D eigenvalue weighted by Crippen LogP contribution is 2.50. The third-order valence-electron chi connectivity index (χ3n) is 5.73. The van der Waals surface area contributed by atoms with Crippen molar-refractivity contribution in [2.75, 3.05) is 6.61 Å². The van der Waals surface area contributed by atoms with Gasteiger partial charge in [0, 0.05) is 35.9 Å². The van der Waals surface area contributed by atoms with Crippen LogP contribution in [0.5, 0.6) is 0 Å². The molecule has 1 aliphatic rings. The number of halogens is 1. The molecule has 8 nitrogen and oxygen atoms in total. The molecule has 1 aliphatic heterocycles. The first-order valence-electron chi connectivity index (χ1n) is 13.4. The summed E-state index contributed by atoms with van der Waals surface area (Å²) in [6, 6.07) is 9.45. The molecule has 1 N–H and O–H groups in total. The Labute approximate surface area is 234 Å². The molecule has 0 aliphatic carbocycles. The van der Waals surface area contributed by atoms with Gasteiger partial charge in [-0.1, -0.05) is 53.6 Å². The highest BCUT2D eigenvalue weighted by atomic mass is 33.1. The van der Waals surface area contributed by atoms with E-state index in [-0.39, 0.29) is 19.0 Å². The molecule has 0 spiro atoms. The quantitative estimate of drug-likeness (QED) is 0.228. The van der Waals surface area contributed by atoms with Crippen LogP contribution in [0.4, 0.5) is 4.39 Å². The summed E-state index contributed by atoms with van der Waals surface area (Å²) in [5, 5.41) is 0.495. The van der Waals surface area contributed by atoms with Gasteiger partial charge in [-0.15, -0.1) is 0 Å². The Kier molecular flexibility index (Phi) is 11.3. The van der Waals surface area contributed by atoms with Crippen LogP contribution in [0, 0.1) is 0 Å². The zero-order chi connectivity index (χ0) is 28.7. The zero-order valence-electron chi connectivity index (χ0n) is 23.7. The van der Waals surface area contributed by atoms with Crippen molar-refractivity contribution in [3.8, 4) is 0 Å². The largest absolute Gasteiger partial charge is 0.349 e. The number of ether oxygens (including phenoxy) is 1. The molecule has 1 aromatic heterocycles. The molecule has 12 heteroatoms. The first-order chi connectivity index (χ1) is 18.5. The summed E-state index contributed by atoms with van der Waals surface area (Å²) in [5.74, 6) is 0. The van der Waals surface area contributed by atoms with E-state index in [1.807, 2.05) is 39.8 Å². The third-order valence-corrected chi connectivity index (χ3v) is 10.9. The van der Waals surface area contributed by atoms with Crippen molar-refractivity contribution in [3.63, 3.8) is 0 Å². The molecule has 3 rings (SSSR count). The van der Waals surface area contributed by atoms with Crippen LogP contribution in [-0.2, 0) is 20.2 Å². The van der Waals surface area contributed by atoms with E-state index >= 15 is 4.39 Å². The van der Waals surface area contributed by atoms with Crippen molar-refractivity contribution in [1.82, 2.24) is 14.2 Å². The van der Waals surface area contributed by atoms with Crippen LogP contribution in [0.15, 0.2) is 51.0 Å². The highest BCUT2D eigenvalue weighted by molar-refractivity contribution is 8.76. The summed E-state index contributed by atoms with van der Waals surface area (Å²) < 4.78 is 45.3. The molecule has 0 saturated carbocycles. The van der Waals surface area contributed by atoms with Crippen molar-refractivity contribution in [2.45, 2.75) is 102 Å². The molecule has 5 unspecified atom stereocenters. The monoisotopic (exact) mass is 588 g/mol.